The van der Waals surface area contributed by atoms with Gasteiger partial charge in [-0.15, -0.1) is 0 Å². The van der Waals surface area contributed by atoms with Crippen molar-refractivity contribution in [3.63, 3.8) is 0 Å². The second-order valence-corrected chi connectivity index (χ2v) is 12.8. The minimum atomic E-state index is -3.70. The van der Waals surface area contributed by atoms with Crippen molar-refractivity contribution in [1.82, 2.24) is 0 Å². The maximum atomic E-state index is 13.1. The van der Waals surface area contributed by atoms with Gasteiger partial charge in [0.25, 0.3) is 0 Å². The van der Waals surface area contributed by atoms with Gasteiger partial charge in [-0.05, 0) is 87.1 Å². The molecule has 202 valence electrons. The molecule has 7 nitrogen and oxygen atoms in total. The summed E-state index contributed by atoms with van der Waals surface area (Å²) in [5.74, 6) is -0.487. The molecule has 0 saturated carbocycles. The van der Waals surface area contributed by atoms with Gasteiger partial charge in [-0.2, -0.15) is 0 Å². The highest BCUT2D eigenvalue weighted by Gasteiger charge is 2.38. The Bertz CT molecular complexity index is 1520. The summed E-state index contributed by atoms with van der Waals surface area (Å²) in [4.78, 5) is 12.7. The first-order valence-electron chi connectivity index (χ1n) is 12.4. The van der Waals surface area contributed by atoms with E-state index in [0.717, 1.165) is 38.9 Å². The molecule has 0 radical (unpaired) electrons. The van der Waals surface area contributed by atoms with Gasteiger partial charge in [0, 0.05) is 11.1 Å². The Balaban J connectivity index is 2.21. The number of sulfonamides is 1. The Morgan fingerprint density at radius 2 is 1.63 bits per heavy atom. The summed E-state index contributed by atoms with van der Waals surface area (Å²) >= 11 is 0. The molecule has 1 N–H and O–H groups in total. The van der Waals surface area contributed by atoms with E-state index in [1.165, 1.54) is 10.6 Å². The smallest absolute Gasteiger partial charge is 0.337 e. The Kier molecular flexibility index (Phi) is 7.10. The van der Waals surface area contributed by atoms with Crippen LogP contribution in [-0.2, 0) is 26.1 Å². The van der Waals surface area contributed by atoms with E-state index in [9.17, 15) is 18.3 Å². The first-order valence-corrected chi connectivity index (χ1v) is 14.3. The molecule has 0 bridgehead atoms. The normalized spacial score (nSPS) is 14.1. The van der Waals surface area contributed by atoms with Crippen LogP contribution in [0, 0.1) is 20.8 Å². The van der Waals surface area contributed by atoms with E-state index in [1.807, 2.05) is 56.3 Å². The number of carboxylic acid groups (broad SMARTS) is 1. The number of hydrogen-bond acceptors (Lipinski definition) is 5. The van der Waals surface area contributed by atoms with Crippen LogP contribution >= 0.6 is 0 Å². The molecule has 1 atom stereocenters. The predicted molar refractivity (Wildman–Crippen MR) is 150 cm³/mol. The van der Waals surface area contributed by atoms with Crippen molar-refractivity contribution in [2.24, 2.45) is 0 Å². The lowest BCUT2D eigenvalue weighted by Gasteiger charge is -2.37. The van der Waals surface area contributed by atoms with Crippen LogP contribution in [0.15, 0.2) is 42.5 Å². The number of fused-ring (bicyclic) bond motifs is 3. The highest BCUT2D eigenvalue weighted by Crippen LogP contribution is 2.52. The molecule has 0 saturated heterocycles. The van der Waals surface area contributed by atoms with Crippen LogP contribution in [0.1, 0.15) is 54.7 Å². The molecule has 4 rings (SSSR count). The van der Waals surface area contributed by atoms with Gasteiger partial charge in [0.2, 0.25) is 10.0 Å². The molecule has 0 unspecified atom stereocenters. The quantitative estimate of drug-likeness (QED) is 0.404. The average Bonchev–Trinajstić information content (AvgIpc) is 2.82. The van der Waals surface area contributed by atoms with Gasteiger partial charge >= 0.3 is 5.97 Å². The van der Waals surface area contributed by atoms with Crippen LogP contribution in [0.3, 0.4) is 0 Å². The number of anilines is 1. The van der Waals surface area contributed by atoms with Gasteiger partial charge < -0.3 is 14.6 Å². The number of methoxy groups -OCH3 is 1. The fourth-order valence-electron chi connectivity index (χ4n) is 5.22. The molecular formula is C30H35NO6S. The monoisotopic (exact) mass is 537 g/mol. The highest BCUT2D eigenvalue weighted by atomic mass is 32.2. The standard InChI is InChI=1S/C30H35NO6S/c1-17-9-11-20(12-10-17)24-18(2)25-23-15-22(36-7)14-13-21(23)16-31(38(8,34)35)27(25)19(3)26(24)28(29(32)33)37-30(4,5)6/h9-15,28H,16H2,1-8H3,(H,32,33)/t28-/m0/s1. The molecule has 0 aromatic heterocycles. The summed E-state index contributed by atoms with van der Waals surface area (Å²) in [5, 5.41) is 10.4. The molecule has 0 fully saturated rings. The zero-order valence-corrected chi connectivity index (χ0v) is 24.0. The van der Waals surface area contributed by atoms with E-state index in [4.69, 9.17) is 9.47 Å². The second kappa shape index (κ2) is 9.75. The number of aryl methyl sites for hydroxylation is 1. The Labute approximate surface area is 225 Å². The van der Waals surface area contributed by atoms with Crippen molar-refractivity contribution < 1.29 is 27.8 Å². The number of hydrogen-bond donors (Lipinski definition) is 1. The van der Waals surface area contributed by atoms with Gasteiger partial charge in [0.05, 0.1) is 31.2 Å². The molecule has 3 aromatic carbocycles. The third-order valence-corrected chi connectivity index (χ3v) is 7.98. The number of carboxylic acids is 1. The third kappa shape index (κ3) is 5.02. The fourth-order valence-corrected chi connectivity index (χ4v) is 6.16. The lowest BCUT2D eigenvalue weighted by molar-refractivity contribution is -0.160. The Hall–Kier alpha value is -3.36. The van der Waals surface area contributed by atoms with Crippen LogP contribution in [0.4, 0.5) is 5.69 Å². The third-order valence-electron chi connectivity index (χ3n) is 6.86. The zero-order chi connectivity index (χ0) is 28.2. The molecular weight excluding hydrogens is 502 g/mol. The molecule has 3 aromatic rings. The van der Waals surface area contributed by atoms with Crippen LogP contribution in [0.2, 0.25) is 0 Å². The summed E-state index contributed by atoms with van der Waals surface area (Å²) in [6, 6.07) is 13.5. The maximum Gasteiger partial charge on any atom is 0.337 e. The Morgan fingerprint density at radius 3 is 2.16 bits per heavy atom. The number of carbonyl (C=O) groups is 1. The lowest BCUT2D eigenvalue weighted by atomic mass is 9.80. The number of ether oxygens (including phenoxy) is 2. The summed E-state index contributed by atoms with van der Waals surface area (Å²) in [5.41, 5.74) is 6.56. The minimum Gasteiger partial charge on any atom is -0.497 e. The summed E-state index contributed by atoms with van der Waals surface area (Å²) in [6.45, 7) is 11.2. The van der Waals surface area contributed by atoms with Gasteiger partial charge in [-0.25, -0.2) is 13.2 Å². The molecule has 0 amide bonds. The molecule has 1 aliphatic rings. The first kappa shape index (κ1) is 27.7. The number of rotatable bonds is 6. The van der Waals surface area contributed by atoms with Gasteiger partial charge in [-0.1, -0.05) is 35.9 Å². The van der Waals surface area contributed by atoms with Crippen LogP contribution in [0.25, 0.3) is 22.3 Å². The number of benzene rings is 3. The second-order valence-electron chi connectivity index (χ2n) is 10.9. The largest absolute Gasteiger partial charge is 0.497 e. The van der Waals surface area contributed by atoms with Crippen LogP contribution in [0.5, 0.6) is 5.75 Å². The van der Waals surface area contributed by atoms with Gasteiger partial charge in [0.1, 0.15) is 5.75 Å². The van der Waals surface area contributed by atoms with Crippen molar-refractivity contribution in [1.29, 1.82) is 0 Å². The topological polar surface area (TPSA) is 93.1 Å². The molecule has 1 heterocycles. The number of nitrogens with zero attached hydrogens (tertiary/aromatic N) is 1. The molecule has 38 heavy (non-hydrogen) atoms. The van der Waals surface area contributed by atoms with E-state index in [1.54, 1.807) is 34.8 Å². The van der Waals surface area contributed by atoms with E-state index >= 15 is 0 Å². The molecule has 0 aliphatic carbocycles. The van der Waals surface area contributed by atoms with Gasteiger partial charge in [0.15, 0.2) is 6.10 Å². The first-order chi connectivity index (χ1) is 17.6. The van der Waals surface area contributed by atoms with Crippen molar-refractivity contribution in [2.75, 3.05) is 17.7 Å². The summed E-state index contributed by atoms with van der Waals surface area (Å²) in [7, 11) is -2.11. The average molecular weight is 538 g/mol. The zero-order valence-electron chi connectivity index (χ0n) is 23.2. The van der Waals surface area contributed by atoms with Crippen LogP contribution in [-0.4, -0.2) is 38.5 Å². The lowest BCUT2D eigenvalue weighted by Crippen LogP contribution is -2.34. The van der Waals surface area contributed by atoms with Gasteiger partial charge in [-0.3, -0.25) is 4.31 Å². The van der Waals surface area contributed by atoms with E-state index in [-0.39, 0.29) is 6.54 Å². The van der Waals surface area contributed by atoms with Crippen molar-refractivity contribution in [3.05, 3.63) is 70.3 Å². The molecule has 1 aliphatic heterocycles. The predicted octanol–water partition coefficient (Wildman–Crippen LogP) is 6.17. The van der Waals surface area contributed by atoms with Crippen LogP contribution < -0.4 is 9.04 Å². The van der Waals surface area contributed by atoms with Crippen molar-refractivity contribution >= 4 is 21.7 Å². The highest BCUT2D eigenvalue weighted by molar-refractivity contribution is 7.92. The molecule has 8 heteroatoms. The van der Waals surface area contributed by atoms with E-state index in [0.29, 0.717) is 22.6 Å². The fraction of sp³-hybridized carbons (Fsp3) is 0.367. The molecule has 0 spiro atoms. The number of aliphatic carboxylic acids is 1. The summed E-state index contributed by atoms with van der Waals surface area (Å²) in [6.07, 6.45) is -0.142. The van der Waals surface area contributed by atoms with Crippen molar-refractivity contribution in [3.8, 4) is 28.0 Å². The Morgan fingerprint density at radius 1 is 1.00 bits per heavy atom. The van der Waals surface area contributed by atoms with E-state index < -0.39 is 27.7 Å². The summed E-state index contributed by atoms with van der Waals surface area (Å²) < 4.78 is 39.3. The SMILES string of the molecule is COc1ccc2c(c1)-c1c(C)c(-c3ccc(C)cc3)c([C@H](OC(C)(C)C)C(=O)O)c(C)c1N(S(C)(=O)=O)C2. The maximum absolute atomic E-state index is 13.1. The van der Waals surface area contributed by atoms with Crippen molar-refractivity contribution in [2.45, 2.75) is 59.8 Å². The minimum absolute atomic E-state index is 0.132. The van der Waals surface area contributed by atoms with E-state index in [2.05, 4.69) is 0 Å².